The van der Waals surface area contributed by atoms with Crippen molar-refractivity contribution in [3.63, 3.8) is 0 Å². The number of fused-ring (bicyclic) bond motifs is 1. The van der Waals surface area contributed by atoms with Crippen molar-refractivity contribution in [2.75, 3.05) is 18.2 Å². The highest BCUT2D eigenvalue weighted by molar-refractivity contribution is 8.00. The van der Waals surface area contributed by atoms with Gasteiger partial charge in [0.15, 0.2) is 0 Å². The van der Waals surface area contributed by atoms with Gasteiger partial charge in [0.1, 0.15) is 5.56 Å². The van der Waals surface area contributed by atoms with Crippen molar-refractivity contribution in [1.82, 2.24) is 4.98 Å². The number of pyridine rings is 1. The van der Waals surface area contributed by atoms with Gasteiger partial charge in [0, 0.05) is 11.1 Å². The van der Waals surface area contributed by atoms with E-state index in [9.17, 15) is 14.4 Å². The Morgan fingerprint density at radius 2 is 1.76 bits per heavy atom. The molecule has 0 atom stereocenters. The lowest BCUT2D eigenvalue weighted by atomic mass is 10.1. The summed E-state index contributed by atoms with van der Waals surface area (Å²) in [6.45, 7) is 5.89. The van der Waals surface area contributed by atoms with Gasteiger partial charge in [-0.1, -0.05) is 41.6 Å². The first-order chi connectivity index (χ1) is 13.8. The summed E-state index contributed by atoms with van der Waals surface area (Å²) in [7, 11) is 1.22. The minimum absolute atomic E-state index is 0.0328. The molecule has 0 saturated heterocycles. The second kappa shape index (κ2) is 8.53. The standard InChI is InChI=1S/C22H22N2O4S/c1-12-9-13(2)19(14(3)10-12)24-17(25)11-29-21-18(22(27)28-4)20(26)15-7-5-6-8-16(15)23-21/h5-10H,11H2,1-4H3,(H,23,26)(H,24,25). The van der Waals surface area contributed by atoms with Crippen LogP contribution in [0.5, 0.6) is 0 Å². The molecule has 0 bridgehead atoms. The van der Waals surface area contributed by atoms with Gasteiger partial charge in [-0.3, -0.25) is 9.59 Å². The van der Waals surface area contributed by atoms with E-state index in [1.165, 1.54) is 7.11 Å². The van der Waals surface area contributed by atoms with Crippen LogP contribution in [0.4, 0.5) is 5.69 Å². The Morgan fingerprint density at radius 1 is 1.10 bits per heavy atom. The van der Waals surface area contributed by atoms with E-state index in [1.807, 2.05) is 32.9 Å². The molecule has 1 amide bonds. The van der Waals surface area contributed by atoms with Gasteiger partial charge in [0.25, 0.3) is 0 Å². The second-order valence-electron chi connectivity index (χ2n) is 6.81. The van der Waals surface area contributed by atoms with Gasteiger partial charge in [-0.15, -0.1) is 0 Å². The molecule has 7 heteroatoms. The number of anilines is 1. The van der Waals surface area contributed by atoms with Crippen LogP contribution < -0.4 is 10.7 Å². The van der Waals surface area contributed by atoms with Gasteiger partial charge < -0.3 is 15.0 Å². The van der Waals surface area contributed by atoms with Gasteiger partial charge in [-0.05, 0) is 44.0 Å². The summed E-state index contributed by atoms with van der Waals surface area (Å²) in [5.74, 6) is -0.926. The van der Waals surface area contributed by atoms with Crippen molar-refractivity contribution >= 4 is 40.2 Å². The monoisotopic (exact) mass is 410 g/mol. The number of rotatable bonds is 5. The molecule has 150 valence electrons. The number of aryl methyl sites for hydroxylation is 3. The van der Waals surface area contributed by atoms with E-state index in [1.54, 1.807) is 24.3 Å². The Kier molecular flexibility index (Phi) is 6.08. The predicted octanol–water partition coefficient (Wildman–Crippen LogP) is 3.97. The van der Waals surface area contributed by atoms with E-state index in [2.05, 4.69) is 10.3 Å². The molecule has 0 radical (unpaired) electrons. The molecular formula is C22H22N2O4S. The molecule has 0 unspecified atom stereocenters. The molecular weight excluding hydrogens is 388 g/mol. The van der Waals surface area contributed by atoms with Gasteiger partial charge in [0.05, 0.1) is 23.4 Å². The third kappa shape index (κ3) is 4.35. The van der Waals surface area contributed by atoms with Crippen LogP contribution in [0, 0.1) is 20.8 Å². The van der Waals surface area contributed by atoms with Crippen LogP contribution in [0.15, 0.2) is 46.2 Å². The van der Waals surface area contributed by atoms with Crippen LogP contribution in [0.1, 0.15) is 27.0 Å². The Balaban J connectivity index is 1.87. The smallest absolute Gasteiger partial charge is 0.344 e. The molecule has 0 aliphatic heterocycles. The topological polar surface area (TPSA) is 88.3 Å². The summed E-state index contributed by atoms with van der Waals surface area (Å²) in [6.07, 6.45) is 0. The highest BCUT2D eigenvalue weighted by atomic mass is 32.2. The van der Waals surface area contributed by atoms with Crippen LogP contribution in [0.3, 0.4) is 0 Å². The Bertz CT molecular complexity index is 1140. The summed E-state index contributed by atoms with van der Waals surface area (Å²) in [5, 5.41) is 3.63. The van der Waals surface area contributed by atoms with E-state index in [-0.39, 0.29) is 17.2 Å². The molecule has 29 heavy (non-hydrogen) atoms. The highest BCUT2D eigenvalue weighted by Gasteiger charge is 2.21. The van der Waals surface area contributed by atoms with Crippen molar-refractivity contribution in [3.8, 4) is 0 Å². The fourth-order valence-corrected chi connectivity index (χ4v) is 4.15. The zero-order chi connectivity index (χ0) is 21.1. The molecule has 0 spiro atoms. The van der Waals surface area contributed by atoms with E-state index in [0.29, 0.717) is 15.9 Å². The van der Waals surface area contributed by atoms with Gasteiger partial charge in [0.2, 0.25) is 11.3 Å². The number of amides is 1. The zero-order valence-corrected chi connectivity index (χ0v) is 17.5. The number of aromatic amines is 1. The van der Waals surface area contributed by atoms with Gasteiger partial charge >= 0.3 is 5.97 Å². The minimum atomic E-state index is -0.731. The fraction of sp³-hybridized carbons (Fsp3) is 0.227. The number of para-hydroxylation sites is 1. The van der Waals surface area contributed by atoms with Crippen LogP contribution in [0.25, 0.3) is 10.9 Å². The lowest BCUT2D eigenvalue weighted by molar-refractivity contribution is -0.113. The number of aromatic nitrogens is 1. The van der Waals surface area contributed by atoms with Crippen molar-refractivity contribution in [1.29, 1.82) is 0 Å². The second-order valence-corrected chi connectivity index (χ2v) is 7.79. The van der Waals surface area contributed by atoms with E-state index in [0.717, 1.165) is 34.1 Å². The largest absolute Gasteiger partial charge is 0.465 e. The minimum Gasteiger partial charge on any atom is -0.465 e. The molecule has 1 heterocycles. The van der Waals surface area contributed by atoms with Crippen LogP contribution in [-0.4, -0.2) is 29.7 Å². The highest BCUT2D eigenvalue weighted by Crippen LogP contribution is 2.25. The maximum Gasteiger partial charge on any atom is 0.344 e. The molecule has 3 rings (SSSR count). The van der Waals surface area contributed by atoms with Crippen LogP contribution in [0.2, 0.25) is 0 Å². The quantitative estimate of drug-likeness (QED) is 0.491. The normalized spacial score (nSPS) is 10.8. The van der Waals surface area contributed by atoms with Crippen molar-refractivity contribution in [2.24, 2.45) is 0 Å². The molecule has 0 aliphatic carbocycles. The lowest BCUT2D eigenvalue weighted by Crippen LogP contribution is -2.21. The number of hydrogen-bond donors (Lipinski definition) is 2. The molecule has 3 aromatic rings. The number of methoxy groups -OCH3 is 1. The van der Waals surface area contributed by atoms with E-state index < -0.39 is 11.4 Å². The number of thioether (sulfide) groups is 1. The molecule has 1 aromatic heterocycles. The number of nitrogens with one attached hydrogen (secondary N) is 2. The Labute approximate surface area is 172 Å². The average molecular weight is 410 g/mol. The number of carbonyl (C=O) groups is 2. The van der Waals surface area contributed by atoms with Crippen molar-refractivity contribution in [3.05, 3.63) is 68.9 Å². The Hall–Kier alpha value is -3.06. The van der Waals surface area contributed by atoms with Crippen molar-refractivity contribution in [2.45, 2.75) is 25.8 Å². The first kappa shape index (κ1) is 20.7. The summed E-state index contributed by atoms with van der Waals surface area (Å²) in [5.41, 5.74) is 3.96. The lowest BCUT2D eigenvalue weighted by Gasteiger charge is -2.13. The third-order valence-electron chi connectivity index (χ3n) is 4.55. The maximum atomic E-state index is 12.8. The third-order valence-corrected chi connectivity index (χ3v) is 5.55. The Morgan fingerprint density at radius 3 is 2.41 bits per heavy atom. The molecule has 2 N–H and O–H groups in total. The summed E-state index contributed by atoms with van der Waals surface area (Å²) in [4.78, 5) is 40.6. The fourth-order valence-electron chi connectivity index (χ4n) is 3.30. The first-order valence-electron chi connectivity index (χ1n) is 9.05. The summed E-state index contributed by atoms with van der Waals surface area (Å²) < 4.78 is 4.78. The molecule has 2 aromatic carbocycles. The number of H-pyrrole nitrogens is 1. The van der Waals surface area contributed by atoms with Crippen LogP contribution in [-0.2, 0) is 9.53 Å². The molecule has 6 nitrogen and oxygen atoms in total. The summed E-state index contributed by atoms with van der Waals surface area (Å²) in [6, 6.07) is 10.9. The number of ether oxygens (including phenoxy) is 1. The SMILES string of the molecule is COC(=O)c1c(SCC(=O)Nc2c(C)cc(C)cc2C)[nH]c2ccccc2c1=O. The number of benzene rings is 2. The molecule has 0 aliphatic rings. The average Bonchev–Trinajstić information content (AvgIpc) is 2.68. The van der Waals surface area contributed by atoms with Crippen molar-refractivity contribution < 1.29 is 14.3 Å². The van der Waals surface area contributed by atoms with E-state index in [4.69, 9.17) is 4.74 Å². The van der Waals surface area contributed by atoms with Crippen LogP contribution >= 0.6 is 11.8 Å². The maximum absolute atomic E-state index is 12.8. The van der Waals surface area contributed by atoms with E-state index >= 15 is 0 Å². The number of hydrogen-bond acceptors (Lipinski definition) is 5. The predicted molar refractivity (Wildman–Crippen MR) is 116 cm³/mol. The zero-order valence-electron chi connectivity index (χ0n) is 16.7. The van der Waals surface area contributed by atoms with Gasteiger partial charge in [-0.25, -0.2) is 4.79 Å². The summed E-state index contributed by atoms with van der Waals surface area (Å²) >= 11 is 1.09. The molecule has 0 saturated carbocycles. The molecule has 0 fully saturated rings. The number of carbonyl (C=O) groups excluding carboxylic acids is 2. The van der Waals surface area contributed by atoms with Gasteiger partial charge in [-0.2, -0.15) is 0 Å². The number of esters is 1. The first-order valence-corrected chi connectivity index (χ1v) is 10.0.